The van der Waals surface area contributed by atoms with Crippen molar-refractivity contribution in [2.24, 2.45) is 0 Å². The third kappa shape index (κ3) is 3.56. The first-order valence-electron chi connectivity index (χ1n) is 10.4. The van der Waals surface area contributed by atoms with E-state index in [1.54, 1.807) is 6.07 Å². The van der Waals surface area contributed by atoms with Gasteiger partial charge in [-0.15, -0.1) is 0 Å². The SMILES string of the molecule is Cc1ccc(NC(=O)N2CCN(c3nc4cc(F)ccc4n4cccc34)CC2)c(C)c1. The summed E-state index contributed by atoms with van der Waals surface area (Å²) in [6, 6.07) is 14.6. The lowest BCUT2D eigenvalue weighted by Crippen LogP contribution is -2.50. The van der Waals surface area contributed by atoms with Crippen LogP contribution in [0.2, 0.25) is 0 Å². The summed E-state index contributed by atoms with van der Waals surface area (Å²) in [5, 5.41) is 3.02. The molecule has 1 N–H and O–H groups in total. The Hall–Kier alpha value is -3.61. The molecule has 6 nitrogen and oxygen atoms in total. The summed E-state index contributed by atoms with van der Waals surface area (Å²) in [6.07, 6.45) is 1.97. The van der Waals surface area contributed by atoms with Gasteiger partial charge in [0.1, 0.15) is 5.82 Å². The van der Waals surface area contributed by atoms with E-state index in [1.165, 1.54) is 17.7 Å². The molecule has 0 saturated carbocycles. The first kappa shape index (κ1) is 19.4. The van der Waals surface area contributed by atoms with Crippen molar-refractivity contribution in [3.63, 3.8) is 0 Å². The van der Waals surface area contributed by atoms with Crippen molar-refractivity contribution in [3.8, 4) is 0 Å². The maximum atomic E-state index is 13.8. The molecule has 1 fully saturated rings. The summed E-state index contributed by atoms with van der Waals surface area (Å²) in [5.41, 5.74) is 5.53. The first-order chi connectivity index (χ1) is 15.0. The van der Waals surface area contributed by atoms with Gasteiger partial charge in [-0.3, -0.25) is 0 Å². The Labute approximate surface area is 179 Å². The van der Waals surface area contributed by atoms with Gasteiger partial charge in [0.15, 0.2) is 5.82 Å². The normalized spacial score (nSPS) is 14.4. The van der Waals surface area contributed by atoms with Crippen LogP contribution in [-0.2, 0) is 0 Å². The zero-order valence-corrected chi connectivity index (χ0v) is 17.6. The number of nitrogens with zero attached hydrogens (tertiary/aromatic N) is 4. The quantitative estimate of drug-likeness (QED) is 0.519. The molecule has 31 heavy (non-hydrogen) atoms. The highest BCUT2D eigenvalue weighted by atomic mass is 19.1. The third-order valence-corrected chi connectivity index (χ3v) is 5.89. The minimum atomic E-state index is -0.301. The fraction of sp³-hybridized carbons (Fsp3) is 0.250. The lowest BCUT2D eigenvalue weighted by atomic mass is 10.1. The van der Waals surface area contributed by atoms with Crippen LogP contribution < -0.4 is 10.2 Å². The number of urea groups is 1. The Bertz CT molecular complexity index is 1290. The zero-order valence-electron chi connectivity index (χ0n) is 17.6. The van der Waals surface area contributed by atoms with Gasteiger partial charge in [0.25, 0.3) is 0 Å². The fourth-order valence-corrected chi connectivity index (χ4v) is 4.24. The second-order valence-corrected chi connectivity index (χ2v) is 8.05. The van der Waals surface area contributed by atoms with Gasteiger partial charge < -0.3 is 19.5 Å². The van der Waals surface area contributed by atoms with Crippen LogP contribution in [0.4, 0.5) is 20.7 Å². The summed E-state index contributed by atoms with van der Waals surface area (Å²) < 4.78 is 15.8. The van der Waals surface area contributed by atoms with Gasteiger partial charge in [-0.05, 0) is 49.7 Å². The number of aryl methyl sites for hydroxylation is 2. The number of nitrogens with one attached hydrogen (secondary N) is 1. The van der Waals surface area contributed by atoms with Gasteiger partial charge in [-0.25, -0.2) is 14.2 Å². The van der Waals surface area contributed by atoms with E-state index in [-0.39, 0.29) is 11.8 Å². The molecule has 0 bridgehead atoms. The predicted molar refractivity (Wildman–Crippen MR) is 121 cm³/mol. The Balaban J connectivity index is 1.35. The summed E-state index contributed by atoms with van der Waals surface area (Å²) >= 11 is 0. The van der Waals surface area contributed by atoms with Crippen molar-refractivity contribution in [1.29, 1.82) is 0 Å². The molecule has 1 saturated heterocycles. The van der Waals surface area contributed by atoms with E-state index in [0.29, 0.717) is 31.7 Å². The zero-order chi connectivity index (χ0) is 21.5. The Morgan fingerprint density at radius 2 is 1.81 bits per heavy atom. The summed E-state index contributed by atoms with van der Waals surface area (Å²) in [5.74, 6) is 0.517. The molecule has 5 rings (SSSR count). The average Bonchev–Trinajstić information content (AvgIpc) is 3.25. The number of piperazine rings is 1. The number of benzene rings is 2. The molecule has 158 valence electrons. The number of hydrogen-bond acceptors (Lipinski definition) is 3. The molecule has 3 heterocycles. The molecule has 2 aromatic heterocycles. The van der Waals surface area contributed by atoms with Crippen molar-refractivity contribution in [2.45, 2.75) is 13.8 Å². The lowest BCUT2D eigenvalue weighted by Gasteiger charge is -2.35. The van der Waals surface area contributed by atoms with Gasteiger partial charge in [-0.2, -0.15) is 0 Å². The van der Waals surface area contributed by atoms with Crippen LogP contribution in [0.15, 0.2) is 54.7 Å². The number of amides is 2. The van der Waals surface area contributed by atoms with Gasteiger partial charge >= 0.3 is 6.03 Å². The van der Waals surface area contributed by atoms with Crippen molar-refractivity contribution < 1.29 is 9.18 Å². The van der Waals surface area contributed by atoms with Crippen molar-refractivity contribution in [2.75, 3.05) is 36.4 Å². The second-order valence-electron chi connectivity index (χ2n) is 8.05. The highest BCUT2D eigenvalue weighted by Gasteiger charge is 2.24. The van der Waals surface area contributed by atoms with Crippen LogP contribution >= 0.6 is 0 Å². The maximum Gasteiger partial charge on any atom is 0.321 e. The number of halogens is 1. The molecule has 2 aromatic carbocycles. The van der Waals surface area contributed by atoms with E-state index < -0.39 is 0 Å². The molecule has 0 aliphatic carbocycles. The number of carbonyl (C=O) groups is 1. The molecule has 0 unspecified atom stereocenters. The number of aromatic nitrogens is 2. The van der Waals surface area contributed by atoms with Gasteiger partial charge in [0.2, 0.25) is 0 Å². The summed E-state index contributed by atoms with van der Waals surface area (Å²) in [4.78, 5) is 21.5. The third-order valence-electron chi connectivity index (χ3n) is 5.89. The molecule has 1 aliphatic heterocycles. The average molecular weight is 417 g/mol. The standard InChI is InChI=1S/C24H24FN5O/c1-16-5-7-19(17(2)14-16)27-24(31)29-12-10-28(11-13-29)23-22-4-3-9-30(22)21-8-6-18(25)15-20(21)26-23/h3-9,14-15H,10-13H2,1-2H3,(H,27,31). The van der Waals surface area contributed by atoms with Crippen molar-refractivity contribution >= 4 is 34.1 Å². The molecule has 1 aliphatic rings. The molecule has 0 spiro atoms. The Morgan fingerprint density at radius 1 is 1.00 bits per heavy atom. The monoisotopic (exact) mass is 417 g/mol. The molecule has 7 heteroatoms. The van der Waals surface area contributed by atoms with E-state index in [1.807, 2.05) is 53.6 Å². The lowest BCUT2D eigenvalue weighted by molar-refractivity contribution is 0.208. The topological polar surface area (TPSA) is 52.9 Å². The van der Waals surface area contributed by atoms with E-state index in [0.717, 1.165) is 28.1 Å². The number of fused-ring (bicyclic) bond motifs is 3. The van der Waals surface area contributed by atoms with Crippen LogP contribution in [0.25, 0.3) is 16.6 Å². The van der Waals surface area contributed by atoms with E-state index in [4.69, 9.17) is 4.98 Å². The highest BCUT2D eigenvalue weighted by Crippen LogP contribution is 2.27. The number of carbonyl (C=O) groups excluding carboxylic acids is 1. The van der Waals surface area contributed by atoms with E-state index >= 15 is 0 Å². The number of hydrogen-bond donors (Lipinski definition) is 1. The van der Waals surface area contributed by atoms with Crippen LogP contribution in [0, 0.1) is 19.7 Å². The van der Waals surface area contributed by atoms with Crippen LogP contribution in [0.1, 0.15) is 11.1 Å². The van der Waals surface area contributed by atoms with Crippen LogP contribution in [0.3, 0.4) is 0 Å². The van der Waals surface area contributed by atoms with E-state index in [2.05, 4.69) is 16.3 Å². The highest BCUT2D eigenvalue weighted by molar-refractivity contribution is 5.90. The smallest absolute Gasteiger partial charge is 0.321 e. The molecule has 0 radical (unpaired) electrons. The van der Waals surface area contributed by atoms with Gasteiger partial charge in [0, 0.05) is 44.1 Å². The molecular formula is C24H24FN5O. The second kappa shape index (κ2) is 7.58. The largest absolute Gasteiger partial charge is 0.351 e. The van der Waals surface area contributed by atoms with E-state index in [9.17, 15) is 9.18 Å². The van der Waals surface area contributed by atoms with Crippen LogP contribution in [0.5, 0.6) is 0 Å². The Kier molecular flexibility index (Phi) is 4.73. The van der Waals surface area contributed by atoms with Crippen molar-refractivity contribution in [1.82, 2.24) is 14.3 Å². The Morgan fingerprint density at radius 3 is 2.58 bits per heavy atom. The minimum Gasteiger partial charge on any atom is -0.351 e. The fourth-order valence-electron chi connectivity index (χ4n) is 4.24. The molecule has 0 atom stereocenters. The minimum absolute atomic E-state index is 0.0898. The van der Waals surface area contributed by atoms with Gasteiger partial charge in [0.05, 0.1) is 16.6 Å². The van der Waals surface area contributed by atoms with Crippen molar-refractivity contribution in [3.05, 3.63) is 71.7 Å². The molecular weight excluding hydrogens is 393 g/mol. The first-order valence-corrected chi connectivity index (χ1v) is 10.4. The van der Waals surface area contributed by atoms with Crippen LogP contribution in [-0.4, -0.2) is 46.5 Å². The maximum absolute atomic E-state index is 13.8. The predicted octanol–water partition coefficient (Wildman–Crippen LogP) is 4.60. The summed E-state index contributed by atoms with van der Waals surface area (Å²) in [7, 11) is 0. The molecule has 2 amide bonds. The number of anilines is 2. The number of rotatable bonds is 2. The van der Waals surface area contributed by atoms with Gasteiger partial charge in [-0.1, -0.05) is 17.7 Å². The summed E-state index contributed by atoms with van der Waals surface area (Å²) in [6.45, 7) is 6.54. The molecule has 4 aromatic rings.